The van der Waals surface area contributed by atoms with Crippen molar-refractivity contribution in [3.8, 4) is 5.75 Å². The van der Waals surface area contributed by atoms with E-state index < -0.39 is 6.10 Å². The van der Waals surface area contributed by atoms with Crippen LogP contribution < -0.4 is 10.1 Å². The fraction of sp³-hybridized carbons (Fsp3) is 0.450. The van der Waals surface area contributed by atoms with Gasteiger partial charge in [-0.25, -0.2) is 0 Å². The zero-order valence-electron chi connectivity index (χ0n) is 15.1. The number of hydrogen-bond donors (Lipinski definition) is 2. The Hall–Kier alpha value is -2.11. The van der Waals surface area contributed by atoms with Gasteiger partial charge in [0.2, 0.25) is 0 Å². The fourth-order valence-corrected chi connectivity index (χ4v) is 2.65. The molecule has 0 aliphatic heterocycles. The number of nitrogens with one attached hydrogen (secondary N) is 1. The van der Waals surface area contributed by atoms with Crippen molar-refractivity contribution in [1.29, 1.82) is 0 Å². The summed E-state index contributed by atoms with van der Waals surface area (Å²) in [5.41, 5.74) is 1.70. The number of ether oxygens (including phenoxy) is 1. The average molecular weight is 344 g/mol. The van der Waals surface area contributed by atoms with Crippen LogP contribution in [0.3, 0.4) is 0 Å². The lowest BCUT2D eigenvalue weighted by atomic mass is 10.0. The normalized spacial score (nSPS) is 12.1. The maximum Gasteiger partial charge on any atom is 0.166 e. The summed E-state index contributed by atoms with van der Waals surface area (Å²) in [6.45, 7) is 3.59. The molecule has 1 aromatic heterocycles. The second-order valence-electron chi connectivity index (χ2n) is 6.20. The first-order chi connectivity index (χ1) is 12.1. The number of aryl methyl sites for hydroxylation is 2. The number of para-hydroxylation sites is 1. The molecule has 0 fully saturated rings. The van der Waals surface area contributed by atoms with Gasteiger partial charge in [0.25, 0.3) is 0 Å². The molecule has 0 aliphatic carbocycles. The first kappa shape index (κ1) is 19.2. The Kier molecular flexibility index (Phi) is 7.70. The summed E-state index contributed by atoms with van der Waals surface area (Å²) in [5, 5.41) is 13.1. The molecular weight excluding hydrogens is 316 g/mol. The minimum absolute atomic E-state index is 0.0513. The molecule has 1 atom stereocenters. The zero-order valence-corrected chi connectivity index (χ0v) is 15.1. The van der Waals surface area contributed by atoms with Gasteiger partial charge in [0.15, 0.2) is 5.78 Å². The monoisotopic (exact) mass is 344 g/mol. The van der Waals surface area contributed by atoms with E-state index in [-0.39, 0.29) is 12.4 Å². The molecule has 0 saturated carbocycles. The van der Waals surface area contributed by atoms with Gasteiger partial charge in [-0.3, -0.25) is 4.79 Å². The van der Waals surface area contributed by atoms with Crippen LogP contribution in [0.2, 0.25) is 0 Å². The maximum absolute atomic E-state index is 12.6. The number of aliphatic hydroxyl groups is 1. The van der Waals surface area contributed by atoms with Crippen molar-refractivity contribution in [1.82, 2.24) is 9.88 Å². The van der Waals surface area contributed by atoms with Crippen molar-refractivity contribution in [3.05, 3.63) is 53.9 Å². The number of ketones is 1. The molecule has 2 rings (SSSR count). The lowest BCUT2D eigenvalue weighted by Gasteiger charge is -2.15. The van der Waals surface area contributed by atoms with E-state index in [2.05, 4.69) is 12.2 Å². The topological polar surface area (TPSA) is 63.5 Å². The number of carbonyl (C=O) groups excluding carboxylic acids is 1. The van der Waals surface area contributed by atoms with E-state index in [0.29, 0.717) is 30.7 Å². The molecule has 25 heavy (non-hydrogen) atoms. The predicted octanol–water partition coefficient (Wildman–Crippen LogP) is 2.58. The highest BCUT2D eigenvalue weighted by molar-refractivity contribution is 5.98. The SMILES string of the molecule is CCCNCC(O)COc1ccccc1C(=O)CCc1cccn1C. The van der Waals surface area contributed by atoms with Gasteiger partial charge >= 0.3 is 0 Å². The first-order valence-electron chi connectivity index (χ1n) is 8.85. The average Bonchev–Trinajstić information content (AvgIpc) is 3.03. The maximum atomic E-state index is 12.6. The van der Waals surface area contributed by atoms with E-state index in [0.717, 1.165) is 18.7 Å². The Bertz CT molecular complexity index is 666. The quantitative estimate of drug-likeness (QED) is 0.486. The number of hydrogen-bond acceptors (Lipinski definition) is 4. The number of Topliss-reactive ketones (excluding diaryl/α,β-unsaturated/α-hetero) is 1. The number of rotatable bonds is 11. The number of nitrogens with zero attached hydrogens (tertiary/aromatic N) is 1. The van der Waals surface area contributed by atoms with Crippen molar-refractivity contribution < 1.29 is 14.6 Å². The van der Waals surface area contributed by atoms with Gasteiger partial charge in [-0.1, -0.05) is 19.1 Å². The second kappa shape index (κ2) is 10.0. The largest absolute Gasteiger partial charge is 0.490 e. The van der Waals surface area contributed by atoms with Gasteiger partial charge < -0.3 is 19.7 Å². The van der Waals surface area contributed by atoms with Gasteiger partial charge in [-0.15, -0.1) is 0 Å². The molecule has 5 heteroatoms. The van der Waals surface area contributed by atoms with Crippen LogP contribution in [0.1, 0.15) is 35.8 Å². The lowest BCUT2D eigenvalue weighted by molar-refractivity contribution is 0.0950. The molecule has 0 aliphatic rings. The summed E-state index contributed by atoms with van der Waals surface area (Å²) >= 11 is 0. The number of carbonyl (C=O) groups is 1. The van der Waals surface area contributed by atoms with Gasteiger partial charge in [-0.2, -0.15) is 0 Å². The first-order valence-corrected chi connectivity index (χ1v) is 8.85. The summed E-state index contributed by atoms with van der Waals surface area (Å²) in [4.78, 5) is 12.6. The third-order valence-electron chi connectivity index (χ3n) is 4.08. The van der Waals surface area contributed by atoms with E-state index in [1.807, 2.05) is 42.1 Å². The van der Waals surface area contributed by atoms with Gasteiger partial charge in [-0.05, 0) is 43.7 Å². The third kappa shape index (κ3) is 6.03. The summed E-state index contributed by atoms with van der Waals surface area (Å²) in [5.74, 6) is 0.587. The highest BCUT2D eigenvalue weighted by Crippen LogP contribution is 2.21. The van der Waals surface area contributed by atoms with Crippen LogP contribution in [0.15, 0.2) is 42.6 Å². The van der Waals surface area contributed by atoms with Crippen LogP contribution in [-0.4, -0.2) is 41.3 Å². The molecule has 2 N–H and O–H groups in total. The van der Waals surface area contributed by atoms with E-state index in [1.165, 1.54) is 0 Å². The van der Waals surface area contributed by atoms with Crippen LogP contribution in [0.4, 0.5) is 0 Å². The molecule has 1 aromatic carbocycles. The van der Waals surface area contributed by atoms with Crippen molar-refractivity contribution in [3.63, 3.8) is 0 Å². The number of benzene rings is 1. The van der Waals surface area contributed by atoms with Crippen LogP contribution in [0.5, 0.6) is 5.75 Å². The van der Waals surface area contributed by atoms with Gasteiger partial charge in [0.1, 0.15) is 18.5 Å². The minimum atomic E-state index is -0.599. The Morgan fingerprint density at radius 2 is 2.08 bits per heavy atom. The zero-order chi connectivity index (χ0) is 18.1. The third-order valence-corrected chi connectivity index (χ3v) is 4.08. The number of aliphatic hydroxyl groups excluding tert-OH is 1. The highest BCUT2D eigenvalue weighted by Gasteiger charge is 2.14. The summed E-state index contributed by atoms with van der Waals surface area (Å²) in [6, 6.07) is 11.2. The van der Waals surface area contributed by atoms with Crippen molar-refractivity contribution in [2.45, 2.75) is 32.3 Å². The summed E-state index contributed by atoms with van der Waals surface area (Å²) in [7, 11) is 1.98. The highest BCUT2D eigenvalue weighted by atomic mass is 16.5. The van der Waals surface area contributed by atoms with E-state index in [9.17, 15) is 9.90 Å². The Labute approximate surface area is 149 Å². The smallest absolute Gasteiger partial charge is 0.166 e. The van der Waals surface area contributed by atoms with E-state index >= 15 is 0 Å². The molecule has 0 spiro atoms. The minimum Gasteiger partial charge on any atom is -0.490 e. The molecule has 0 saturated heterocycles. The molecule has 0 radical (unpaired) electrons. The molecule has 2 aromatic rings. The Balaban J connectivity index is 1.90. The van der Waals surface area contributed by atoms with Gasteiger partial charge in [0.05, 0.1) is 5.56 Å². The fourth-order valence-electron chi connectivity index (χ4n) is 2.65. The number of aromatic nitrogens is 1. The molecule has 1 unspecified atom stereocenters. The van der Waals surface area contributed by atoms with E-state index in [4.69, 9.17) is 4.74 Å². The molecule has 0 amide bonds. The Morgan fingerprint density at radius 1 is 1.28 bits per heavy atom. The van der Waals surface area contributed by atoms with Crippen LogP contribution in [0.25, 0.3) is 0 Å². The molecule has 136 valence electrons. The summed E-state index contributed by atoms with van der Waals surface area (Å²) in [6.07, 6.45) is 3.52. The lowest BCUT2D eigenvalue weighted by Crippen LogP contribution is -2.32. The molecule has 5 nitrogen and oxygen atoms in total. The molecular formula is C20H28N2O3. The molecule has 1 heterocycles. The summed E-state index contributed by atoms with van der Waals surface area (Å²) < 4.78 is 7.72. The predicted molar refractivity (Wildman–Crippen MR) is 99.2 cm³/mol. The second-order valence-corrected chi connectivity index (χ2v) is 6.20. The van der Waals surface area contributed by atoms with Crippen molar-refractivity contribution in [2.24, 2.45) is 7.05 Å². The van der Waals surface area contributed by atoms with Crippen LogP contribution in [0, 0.1) is 0 Å². The van der Waals surface area contributed by atoms with Crippen molar-refractivity contribution in [2.75, 3.05) is 19.7 Å². The van der Waals surface area contributed by atoms with Crippen LogP contribution >= 0.6 is 0 Å². The van der Waals surface area contributed by atoms with E-state index in [1.54, 1.807) is 12.1 Å². The van der Waals surface area contributed by atoms with Crippen molar-refractivity contribution >= 4 is 5.78 Å². The Morgan fingerprint density at radius 3 is 2.80 bits per heavy atom. The van der Waals surface area contributed by atoms with Crippen LogP contribution in [-0.2, 0) is 13.5 Å². The standard InChI is InChI=1S/C20H28N2O3/c1-3-12-21-14-17(23)15-25-20-9-5-4-8-18(20)19(24)11-10-16-7-6-13-22(16)2/h4-9,13,17,21,23H,3,10-12,14-15H2,1-2H3. The van der Waals surface area contributed by atoms with Gasteiger partial charge in [0, 0.05) is 31.9 Å². The molecule has 0 bridgehead atoms.